The lowest BCUT2D eigenvalue weighted by atomic mass is 9.78. The number of aliphatic carboxylic acids is 1. The Labute approximate surface area is 251 Å². The van der Waals surface area contributed by atoms with Gasteiger partial charge in [0.15, 0.2) is 0 Å². The Bertz CT molecular complexity index is 1290. The molecule has 1 saturated carbocycles. The molecule has 2 aliphatic heterocycles. The van der Waals surface area contributed by atoms with Gasteiger partial charge in [-0.15, -0.1) is 0 Å². The Morgan fingerprint density at radius 3 is 2.31 bits per heavy atom. The second-order valence-corrected chi connectivity index (χ2v) is 13.1. The minimum atomic E-state index is -0.642. The van der Waals surface area contributed by atoms with Crippen LogP contribution in [0.2, 0.25) is 0 Å². The topological polar surface area (TPSA) is 61.6 Å². The Morgan fingerprint density at radius 2 is 1.64 bits per heavy atom. The fraction of sp³-hybridized carbons (Fsp3) is 0.556. The molecular formula is C36H48N4O2. The van der Waals surface area contributed by atoms with E-state index in [0.717, 1.165) is 71.4 Å². The molecule has 3 aliphatic rings. The minimum Gasteiger partial charge on any atom is -0.481 e. The van der Waals surface area contributed by atoms with Crippen molar-refractivity contribution in [1.29, 1.82) is 0 Å². The van der Waals surface area contributed by atoms with Crippen LogP contribution in [0.4, 0.5) is 0 Å². The maximum absolute atomic E-state index is 12.0. The second-order valence-electron chi connectivity index (χ2n) is 13.1. The van der Waals surface area contributed by atoms with Gasteiger partial charge in [-0.3, -0.25) is 14.4 Å². The van der Waals surface area contributed by atoms with Crippen molar-refractivity contribution in [3.63, 3.8) is 0 Å². The van der Waals surface area contributed by atoms with Gasteiger partial charge in [0.1, 0.15) is 0 Å². The Kier molecular flexibility index (Phi) is 9.11. The summed E-state index contributed by atoms with van der Waals surface area (Å²) in [6.07, 6.45) is 11.3. The number of rotatable bonds is 10. The van der Waals surface area contributed by atoms with Crippen LogP contribution in [-0.2, 0) is 17.8 Å². The van der Waals surface area contributed by atoms with E-state index >= 15 is 0 Å². The highest BCUT2D eigenvalue weighted by atomic mass is 16.4. The Balaban J connectivity index is 1.15. The summed E-state index contributed by atoms with van der Waals surface area (Å²) in [5.74, 6) is 0.881. The number of hydrogen-bond acceptors (Lipinski definition) is 4. The van der Waals surface area contributed by atoms with Crippen LogP contribution in [-0.4, -0.2) is 68.9 Å². The first-order valence-corrected chi connectivity index (χ1v) is 16.4. The third-order valence-electron chi connectivity index (χ3n) is 10.6. The molecule has 2 aromatic carbocycles. The van der Waals surface area contributed by atoms with Crippen LogP contribution >= 0.6 is 0 Å². The number of aromatic nitrogens is 2. The van der Waals surface area contributed by atoms with E-state index in [9.17, 15) is 9.90 Å². The van der Waals surface area contributed by atoms with Gasteiger partial charge >= 0.3 is 5.97 Å². The first-order valence-electron chi connectivity index (χ1n) is 16.4. The number of hydrogen-bond donors (Lipinski definition) is 1. The van der Waals surface area contributed by atoms with Crippen LogP contribution in [0.15, 0.2) is 66.9 Å². The lowest BCUT2D eigenvalue weighted by molar-refractivity contribution is -0.141. The van der Waals surface area contributed by atoms with E-state index in [1.807, 2.05) is 0 Å². The molecule has 2 unspecified atom stereocenters. The molecule has 6 heteroatoms. The third-order valence-corrected chi connectivity index (χ3v) is 10.6. The van der Waals surface area contributed by atoms with E-state index < -0.39 is 5.97 Å². The average molecular weight is 569 g/mol. The SMILES string of the molecule is CCn1ncc(Cc2ccccc2)c1C1CCN(CC2CN(C3(CC(=O)O)CCCCC3)CC2c2ccccc2)CC1. The Hall–Kier alpha value is -2.96. The normalized spacial score (nSPS) is 23.7. The maximum Gasteiger partial charge on any atom is 0.305 e. The molecule has 0 amide bonds. The molecule has 0 bridgehead atoms. The number of carbonyl (C=O) groups is 1. The summed E-state index contributed by atoms with van der Waals surface area (Å²) < 4.78 is 2.24. The summed E-state index contributed by atoms with van der Waals surface area (Å²) in [4.78, 5) is 17.4. The van der Waals surface area contributed by atoms with Crippen LogP contribution < -0.4 is 0 Å². The molecule has 3 aromatic rings. The van der Waals surface area contributed by atoms with Crippen LogP contribution in [0.1, 0.15) is 92.5 Å². The van der Waals surface area contributed by atoms with Gasteiger partial charge in [0.2, 0.25) is 0 Å². The van der Waals surface area contributed by atoms with Gasteiger partial charge in [0.05, 0.1) is 12.6 Å². The number of carboxylic acids is 1. The van der Waals surface area contributed by atoms with Crippen LogP contribution in [0.3, 0.4) is 0 Å². The van der Waals surface area contributed by atoms with Gasteiger partial charge in [-0.1, -0.05) is 79.9 Å². The van der Waals surface area contributed by atoms with Crippen molar-refractivity contribution in [3.05, 3.63) is 89.2 Å². The number of carboxylic acid groups (broad SMARTS) is 1. The molecule has 1 N–H and O–H groups in total. The second kappa shape index (κ2) is 13.1. The lowest BCUT2D eigenvalue weighted by Crippen LogP contribution is -2.50. The van der Waals surface area contributed by atoms with Crippen molar-refractivity contribution < 1.29 is 9.90 Å². The predicted molar refractivity (Wildman–Crippen MR) is 168 cm³/mol. The quantitative estimate of drug-likeness (QED) is 0.300. The van der Waals surface area contributed by atoms with Gasteiger partial charge in [-0.2, -0.15) is 5.10 Å². The first-order chi connectivity index (χ1) is 20.5. The number of piperidine rings is 1. The Morgan fingerprint density at radius 1 is 0.952 bits per heavy atom. The number of aryl methyl sites for hydroxylation is 1. The zero-order valence-electron chi connectivity index (χ0n) is 25.3. The molecule has 3 heterocycles. The van der Waals surface area contributed by atoms with Crippen LogP contribution in [0, 0.1) is 5.92 Å². The van der Waals surface area contributed by atoms with E-state index in [-0.39, 0.29) is 12.0 Å². The molecule has 42 heavy (non-hydrogen) atoms. The largest absolute Gasteiger partial charge is 0.481 e. The van der Waals surface area contributed by atoms with Crippen LogP contribution in [0.5, 0.6) is 0 Å². The summed E-state index contributed by atoms with van der Waals surface area (Å²) in [5, 5.41) is 14.7. The fourth-order valence-electron chi connectivity index (χ4n) is 8.45. The monoisotopic (exact) mass is 568 g/mol. The number of nitrogens with zero attached hydrogens (tertiary/aromatic N) is 4. The molecule has 224 valence electrons. The van der Waals surface area contributed by atoms with Gasteiger partial charge in [0, 0.05) is 55.7 Å². The van der Waals surface area contributed by atoms with Crippen molar-refractivity contribution in [2.24, 2.45) is 5.92 Å². The molecule has 1 aromatic heterocycles. The molecule has 6 nitrogen and oxygen atoms in total. The molecule has 6 rings (SSSR count). The van der Waals surface area contributed by atoms with E-state index in [2.05, 4.69) is 88.3 Å². The molecule has 1 aliphatic carbocycles. The predicted octanol–water partition coefficient (Wildman–Crippen LogP) is 6.57. The van der Waals surface area contributed by atoms with Crippen LogP contribution in [0.25, 0.3) is 0 Å². The number of benzene rings is 2. The van der Waals surface area contributed by atoms with E-state index in [1.54, 1.807) is 0 Å². The molecule has 0 radical (unpaired) electrons. The molecule has 0 spiro atoms. The third kappa shape index (κ3) is 6.35. The van der Waals surface area contributed by atoms with Gasteiger partial charge in [0.25, 0.3) is 0 Å². The van der Waals surface area contributed by atoms with Gasteiger partial charge < -0.3 is 10.0 Å². The van der Waals surface area contributed by atoms with Crippen molar-refractivity contribution in [1.82, 2.24) is 19.6 Å². The lowest BCUT2D eigenvalue weighted by Gasteiger charge is -2.44. The zero-order chi connectivity index (χ0) is 28.9. The highest BCUT2D eigenvalue weighted by Gasteiger charge is 2.46. The first kappa shape index (κ1) is 29.1. The summed E-state index contributed by atoms with van der Waals surface area (Å²) in [6, 6.07) is 21.8. The summed E-state index contributed by atoms with van der Waals surface area (Å²) in [5.41, 5.74) is 5.42. The highest BCUT2D eigenvalue weighted by molar-refractivity contribution is 5.68. The average Bonchev–Trinajstić information content (AvgIpc) is 3.63. The molecule has 2 saturated heterocycles. The number of likely N-dealkylation sites (tertiary alicyclic amines) is 2. The summed E-state index contributed by atoms with van der Waals surface area (Å²) >= 11 is 0. The van der Waals surface area contributed by atoms with E-state index in [4.69, 9.17) is 5.10 Å². The maximum atomic E-state index is 12.0. The molecule has 2 atom stereocenters. The summed E-state index contributed by atoms with van der Waals surface area (Å²) in [7, 11) is 0. The summed E-state index contributed by atoms with van der Waals surface area (Å²) in [6.45, 7) is 8.44. The highest BCUT2D eigenvalue weighted by Crippen LogP contribution is 2.44. The van der Waals surface area contributed by atoms with Crippen molar-refractivity contribution >= 4 is 5.97 Å². The minimum absolute atomic E-state index is 0.174. The molecular weight excluding hydrogens is 520 g/mol. The van der Waals surface area contributed by atoms with E-state index in [1.165, 1.54) is 41.6 Å². The van der Waals surface area contributed by atoms with Crippen molar-refractivity contribution in [2.45, 2.75) is 88.6 Å². The van der Waals surface area contributed by atoms with Gasteiger partial charge in [-0.25, -0.2) is 0 Å². The fourth-order valence-corrected chi connectivity index (χ4v) is 8.45. The smallest absolute Gasteiger partial charge is 0.305 e. The zero-order valence-corrected chi connectivity index (χ0v) is 25.3. The standard InChI is InChI=1S/C36H48N4O2/c1-2-40-35(31(24-37-40)22-28-12-6-3-7-13-28)30-16-20-38(21-17-30)25-32-26-39(27-33(32)29-14-8-4-9-15-29)36(23-34(41)42)18-10-5-11-19-36/h3-4,6-9,12-15,24,30,32-33H,2,5,10-11,16-23,25-27H2,1H3,(H,41,42). The van der Waals surface area contributed by atoms with Crippen molar-refractivity contribution in [2.75, 3.05) is 32.7 Å². The molecule has 3 fully saturated rings. The van der Waals surface area contributed by atoms with Crippen molar-refractivity contribution in [3.8, 4) is 0 Å². The van der Waals surface area contributed by atoms with E-state index in [0.29, 0.717) is 17.8 Å². The van der Waals surface area contributed by atoms with Gasteiger partial charge in [-0.05, 0) is 68.3 Å².